The Morgan fingerprint density at radius 3 is 2.33 bits per heavy atom. The van der Waals surface area contributed by atoms with Crippen LogP contribution in [-0.2, 0) is 22.6 Å². The number of nitrogens with one attached hydrogen (secondary N) is 1. The number of ether oxygens (including phenoxy) is 1. The molecule has 0 fully saturated rings. The van der Waals surface area contributed by atoms with E-state index in [-0.39, 0.29) is 24.3 Å². The number of amides is 2. The van der Waals surface area contributed by atoms with Gasteiger partial charge in [-0.15, -0.1) is 0 Å². The van der Waals surface area contributed by atoms with E-state index in [0.29, 0.717) is 22.2 Å². The Morgan fingerprint density at radius 2 is 1.77 bits per heavy atom. The van der Waals surface area contributed by atoms with Gasteiger partial charge < -0.3 is 15.0 Å². The molecule has 0 unspecified atom stereocenters. The average Bonchev–Trinajstić information content (AvgIpc) is 2.73. The number of carbonyl (C=O) groups excluding carboxylic acids is 2. The summed E-state index contributed by atoms with van der Waals surface area (Å²) in [6, 6.07) is 11.9. The van der Waals surface area contributed by atoms with E-state index in [9.17, 15) is 9.59 Å². The van der Waals surface area contributed by atoms with Crippen LogP contribution in [0.25, 0.3) is 0 Å². The molecule has 0 aliphatic carbocycles. The van der Waals surface area contributed by atoms with Gasteiger partial charge in [0.25, 0.3) is 0 Å². The first-order chi connectivity index (χ1) is 14.2. The van der Waals surface area contributed by atoms with Gasteiger partial charge in [0.05, 0.1) is 13.5 Å². The molecule has 0 saturated heterocycles. The highest BCUT2D eigenvalue weighted by molar-refractivity contribution is 6.35. The van der Waals surface area contributed by atoms with Crippen molar-refractivity contribution >= 4 is 35.0 Å². The van der Waals surface area contributed by atoms with Gasteiger partial charge in [0, 0.05) is 22.6 Å². The van der Waals surface area contributed by atoms with Crippen molar-refractivity contribution in [3.05, 3.63) is 63.6 Å². The van der Waals surface area contributed by atoms with Crippen molar-refractivity contribution in [3.8, 4) is 5.75 Å². The zero-order chi connectivity index (χ0) is 22.3. The van der Waals surface area contributed by atoms with E-state index in [0.717, 1.165) is 17.7 Å². The summed E-state index contributed by atoms with van der Waals surface area (Å²) in [4.78, 5) is 27.5. The van der Waals surface area contributed by atoms with Gasteiger partial charge in [-0.1, -0.05) is 48.3 Å². The van der Waals surface area contributed by atoms with Crippen molar-refractivity contribution in [2.24, 2.45) is 0 Å². The smallest absolute Gasteiger partial charge is 0.242 e. The van der Waals surface area contributed by atoms with Crippen LogP contribution in [0.4, 0.5) is 0 Å². The lowest BCUT2D eigenvalue weighted by Gasteiger charge is -2.30. The minimum absolute atomic E-state index is 0.0311. The fourth-order valence-corrected chi connectivity index (χ4v) is 3.38. The molecule has 5 nitrogen and oxygen atoms in total. The molecule has 0 heterocycles. The van der Waals surface area contributed by atoms with E-state index in [2.05, 4.69) is 5.32 Å². The molecule has 0 radical (unpaired) electrons. The van der Waals surface area contributed by atoms with Crippen molar-refractivity contribution < 1.29 is 14.3 Å². The highest BCUT2D eigenvalue weighted by Gasteiger charge is 2.27. The van der Waals surface area contributed by atoms with Crippen molar-refractivity contribution in [1.82, 2.24) is 10.2 Å². The first-order valence-corrected chi connectivity index (χ1v) is 10.7. The van der Waals surface area contributed by atoms with Crippen LogP contribution in [0.5, 0.6) is 5.75 Å². The van der Waals surface area contributed by atoms with Crippen LogP contribution in [0.1, 0.15) is 38.3 Å². The first kappa shape index (κ1) is 24.0. The number of rotatable bonds is 9. The molecule has 0 saturated carbocycles. The van der Waals surface area contributed by atoms with Crippen LogP contribution in [-0.4, -0.2) is 35.9 Å². The zero-order valence-electron chi connectivity index (χ0n) is 17.7. The van der Waals surface area contributed by atoms with E-state index < -0.39 is 6.04 Å². The monoisotopic (exact) mass is 450 g/mol. The van der Waals surface area contributed by atoms with Gasteiger partial charge in [0.1, 0.15) is 11.8 Å². The maximum Gasteiger partial charge on any atom is 0.242 e. The Kier molecular flexibility index (Phi) is 9.00. The molecule has 0 spiro atoms. The molecule has 2 aromatic carbocycles. The number of halogens is 2. The molecular weight excluding hydrogens is 423 g/mol. The summed E-state index contributed by atoms with van der Waals surface area (Å²) in [6.07, 6.45) is 0.887. The maximum atomic E-state index is 13.2. The molecule has 0 aliphatic rings. The maximum absolute atomic E-state index is 13.2. The minimum atomic E-state index is -0.639. The summed E-state index contributed by atoms with van der Waals surface area (Å²) < 4.78 is 5.20. The zero-order valence-corrected chi connectivity index (χ0v) is 19.3. The fourth-order valence-electron chi connectivity index (χ4n) is 2.91. The fraction of sp³-hybridized carbons (Fsp3) is 0.391. The predicted octanol–water partition coefficient (Wildman–Crippen LogP) is 4.88. The molecule has 0 aliphatic heterocycles. The molecular formula is C23H28Cl2N2O3. The number of hydrogen-bond acceptors (Lipinski definition) is 3. The summed E-state index contributed by atoms with van der Waals surface area (Å²) in [5.74, 6) is 0.349. The van der Waals surface area contributed by atoms with Gasteiger partial charge in [-0.2, -0.15) is 0 Å². The second-order valence-corrected chi connectivity index (χ2v) is 8.12. The Labute approximate surface area is 188 Å². The highest BCUT2D eigenvalue weighted by atomic mass is 35.5. The van der Waals surface area contributed by atoms with Crippen LogP contribution in [0.2, 0.25) is 10.0 Å². The van der Waals surface area contributed by atoms with Crippen LogP contribution in [0.3, 0.4) is 0 Å². The topological polar surface area (TPSA) is 58.6 Å². The number of methoxy groups -OCH3 is 1. The van der Waals surface area contributed by atoms with Gasteiger partial charge in [0.15, 0.2) is 0 Å². The minimum Gasteiger partial charge on any atom is -0.497 e. The number of hydrogen-bond donors (Lipinski definition) is 1. The van der Waals surface area contributed by atoms with E-state index >= 15 is 0 Å². The van der Waals surface area contributed by atoms with Crippen LogP contribution in [0, 0.1) is 0 Å². The third kappa shape index (κ3) is 6.64. The molecule has 2 atom stereocenters. The molecule has 0 aromatic heterocycles. The SMILES string of the molecule is CC[C@@H](C)NC(=O)[C@H](C)N(Cc1ccc(OC)cc1)C(=O)Cc1ccc(Cl)cc1Cl. The Hall–Kier alpha value is -2.24. The quantitative estimate of drug-likeness (QED) is 0.592. The molecule has 2 aromatic rings. The van der Waals surface area contributed by atoms with Crippen LogP contribution < -0.4 is 10.1 Å². The average molecular weight is 451 g/mol. The molecule has 30 heavy (non-hydrogen) atoms. The van der Waals surface area contributed by atoms with Crippen LogP contribution in [0.15, 0.2) is 42.5 Å². The van der Waals surface area contributed by atoms with E-state index in [4.69, 9.17) is 27.9 Å². The second kappa shape index (κ2) is 11.2. The van der Waals surface area contributed by atoms with Crippen molar-refractivity contribution in [1.29, 1.82) is 0 Å². The second-order valence-electron chi connectivity index (χ2n) is 7.28. The predicted molar refractivity (Wildman–Crippen MR) is 121 cm³/mol. The van der Waals surface area contributed by atoms with Gasteiger partial charge in [-0.3, -0.25) is 9.59 Å². The third-order valence-electron chi connectivity index (χ3n) is 5.04. The Morgan fingerprint density at radius 1 is 1.10 bits per heavy atom. The van der Waals surface area contributed by atoms with Gasteiger partial charge in [-0.05, 0) is 55.7 Å². The van der Waals surface area contributed by atoms with Crippen molar-refractivity contribution in [2.45, 2.75) is 52.2 Å². The lowest BCUT2D eigenvalue weighted by atomic mass is 10.1. The summed E-state index contributed by atoms with van der Waals surface area (Å²) in [5.41, 5.74) is 1.56. The molecule has 2 rings (SSSR count). The molecule has 0 bridgehead atoms. The third-order valence-corrected chi connectivity index (χ3v) is 5.62. The normalized spacial score (nSPS) is 12.7. The summed E-state index contributed by atoms with van der Waals surface area (Å²) >= 11 is 12.2. The van der Waals surface area contributed by atoms with E-state index in [1.54, 1.807) is 37.1 Å². The lowest BCUT2D eigenvalue weighted by Crippen LogP contribution is -2.49. The molecule has 1 N–H and O–H groups in total. The Balaban J connectivity index is 2.25. The van der Waals surface area contributed by atoms with E-state index in [1.165, 1.54) is 0 Å². The van der Waals surface area contributed by atoms with Gasteiger partial charge >= 0.3 is 0 Å². The van der Waals surface area contributed by atoms with Gasteiger partial charge in [-0.25, -0.2) is 0 Å². The van der Waals surface area contributed by atoms with Gasteiger partial charge in [0.2, 0.25) is 11.8 Å². The summed E-state index contributed by atoms with van der Waals surface area (Å²) in [6.45, 7) is 5.97. The van der Waals surface area contributed by atoms with E-state index in [1.807, 2.05) is 38.1 Å². The highest BCUT2D eigenvalue weighted by Crippen LogP contribution is 2.23. The number of nitrogens with zero attached hydrogens (tertiary/aromatic N) is 1. The van der Waals surface area contributed by atoms with Crippen LogP contribution >= 0.6 is 23.2 Å². The van der Waals surface area contributed by atoms with Crippen molar-refractivity contribution in [3.63, 3.8) is 0 Å². The molecule has 2 amide bonds. The van der Waals surface area contributed by atoms with Crippen molar-refractivity contribution in [2.75, 3.05) is 7.11 Å². The molecule has 7 heteroatoms. The first-order valence-electron chi connectivity index (χ1n) is 9.91. The Bertz CT molecular complexity index is 871. The summed E-state index contributed by atoms with van der Waals surface area (Å²) in [5, 5.41) is 3.89. The molecule has 162 valence electrons. The largest absolute Gasteiger partial charge is 0.497 e. The standard InChI is InChI=1S/C23H28Cl2N2O3/c1-5-15(2)26-23(29)16(3)27(14-17-6-10-20(30-4)11-7-17)22(28)12-18-8-9-19(24)13-21(18)25/h6-11,13,15-16H,5,12,14H2,1-4H3,(H,26,29)/t15-,16+/m1/s1. The number of benzene rings is 2. The number of carbonyl (C=O) groups is 2. The lowest BCUT2D eigenvalue weighted by molar-refractivity contribution is -0.140. The summed E-state index contributed by atoms with van der Waals surface area (Å²) in [7, 11) is 1.60.